The molecule has 1 aliphatic rings. The highest BCUT2D eigenvalue weighted by Crippen LogP contribution is 2.28. The molecule has 13 heavy (non-hydrogen) atoms. The van der Waals surface area contributed by atoms with E-state index in [4.69, 9.17) is 5.11 Å². The molecule has 2 N–H and O–H groups in total. The third-order valence-electron chi connectivity index (χ3n) is 2.83. The second-order valence-corrected chi connectivity index (χ2v) is 4.19. The standard InChI is InChI=1S/C10H19NO2/c1-10(6-2-3-7-10)11-8-4-5-9(12)13/h11H,2-8H2,1H3,(H,12,13). The number of nitrogens with one attached hydrogen (secondary N) is 1. The fourth-order valence-corrected chi connectivity index (χ4v) is 1.96. The van der Waals surface area contributed by atoms with Gasteiger partial charge in [-0.2, -0.15) is 0 Å². The summed E-state index contributed by atoms with van der Waals surface area (Å²) in [4.78, 5) is 10.2. The van der Waals surface area contributed by atoms with Crippen molar-refractivity contribution in [2.75, 3.05) is 6.54 Å². The van der Waals surface area contributed by atoms with Gasteiger partial charge in [-0.3, -0.25) is 4.79 Å². The zero-order chi connectivity index (χ0) is 9.73. The first-order valence-corrected chi connectivity index (χ1v) is 5.09. The average molecular weight is 185 g/mol. The molecule has 76 valence electrons. The lowest BCUT2D eigenvalue weighted by Gasteiger charge is -2.25. The zero-order valence-electron chi connectivity index (χ0n) is 8.31. The maximum Gasteiger partial charge on any atom is 0.303 e. The summed E-state index contributed by atoms with van der Waals surface area (Å²) in [6.45, 7) is 3.07. The number of hydrogen-bond acceptors (Lipinski definition) is 2. The van der Waals surface area contributed by atoms with Gasteiger partial charge in [-0.1, -0.05) is 12.8 Å². The van der Waals surface area contributed by atoms with E-state index in [9.17, 15) is 4.79 Å². The molecule has 0 heterocycles. The molecule has 0 bridgehead atoms. The van der Waals surface area contributed by atoms with Crippen LogP contribution in [-0.4, -0.2) is 23.2 Å². The Kier molecular flexibility index (Phi) is 3.72. The van der Waals surface area contributed by atoms with Gasteiger partial charge in [0.05, 0.1) is 0 Å². The van der Waals surface area contributed by atoms with Crippen LogP contribution < -0.4 is 5.32 Å². The summed E-state index contributed by atoms with van der Waals surface area (Å²) in [5.74, 6) is -0.696. The van der Waals surface area contributed by atoms with Crippen LogP contribution >= 0.6 is 0 Å². The van der Waals surface area contributed by atoms with Crippen LogP contribution in [0.2, 0.25) is 0 Å². The molecule has 3 heteroatoms. The third-order valence-corrected chi connectivity index (χ3v) is 2.83. The van der Waals surface area contributed by atoms with Gasteiger partial charge in [0.15, 0.2) is 0 Å². The molecule has 0 spiro atoms. The van der Waals surface area contributed by atoms with Crippen molar-refractivity contribution in [3.63, 3.8) is 0 Å². The first-order chi connectivity index (χ1) is 6.12. The van der Waals surface area contributed by atoms with E-state index in [1.54, 1.807) is 0 Å². The third kappa shape index (κ3) is 3.77. The van der Waals surface area contributed by atoms with E-state index in [1.165, 1.54) is 25.7 Å². The lowest BCUT2D eigenvalue weighted by molar-refractivity contribution is -0.137. The summed E-state index contributed by atoms with van der Waals surface area (Å²) < 4.78 is 0. The number of carboxylic acids is 1. The molecule has 0 radical (unpaired) electrons. The van der Waals surface area contributed by atoms with Crippen LogP contribution in [0.15, 0.2) is 0 Å². The minimum Gasteiger partial charge on any atom is -0.481 e. The molecule has 3 nitrogen and oxygen atoms in total. The van der Waals surface area contributed by atoms with E-state index in [2.05, 4.69) is 12.2 Å². The quantitative estimate of drug-likeness (QED) is 0.642. The second kappa shape index (κ2) is 4.61. The van der Waals surface area contributed by atoms with Crippen molar-refractivity contribution in [3.05, 3.63) is 0 Å². The predicted octanol–water partition coefficient (Wildman–Crippen LogP) is 1.77. The van der Waals surface area contributed by atoms with Crippen molar-refractivity contribution in [1.29, 1.82) is 0 Å². The van der Waals surface area contributed by atoms with Gasteiger partial charge in [-0.15, -0.1) is 0 Å². The summed E-state index contributed by atoms with van der Waals surface area (Å²) in [5, 5.41) is 11.9. The minimum absolute atomic E-state index is 0.281. The molecule has 0 amide bonds. The molecule has 0 aliphatic heterocycles. The van der Waals surface area contributed by atoms with E-state index in [0.717, 1.165) is 13.0 Å². The number of carboxylic acid groups (broad SMARTS) is 1. The Morgan fingerprint density at radius 3 is 2.62 bits per heavy atom. The second-order valence-electron chi connectivity index (χ2n) is 4.19. The number of aliphatic carboxylic acids is 1. The van der Waals surface area contributed by atoms with Gasteiger partial charge in [-0.25, -0.2) is 0 Å². The van der Waals surface area contributed by atoms with Gasteiger partial charge < -0.3 is 10.4 Å². The Bertz CT molecular complexity index is 174. The van der Waals surface area contributed by atoms with Gasteiger partial charge in [-0.05, 0) is 32.7 Å². The Morgan fingerprint density at radius 2 is 2.08 bits per heavy atom. The van der Waals surface area contributed by atoms with Gasteiger partial charge in [0, 0.05) is 12.0 Å². The van der Waals surface area contributed by atoms with Crippen LogP contribution in [0.1, 0.15) is 45.4 Å². The molecule has 0 atom stereocenters. The van der Waals surface area contributed by atoms with Gasteiger partial charge >= 0.3 is 5.97 Å². The molecule has 0 aromatic rings. The number of hydrogen-bond donors (Lipinski definition) is 2. The number of rotatable bonds is 5. The molecule has 0 aromatic carbocycles. The Hall–Kier alpha value is -0.570. The van der Waals surface area contributed by atoms with E-state index in [0.29, 0.717) is 5.54 Å². The largest absolute Gasteiger partial charge is 0.481 e. The van der Waals surface area contributed by atoms with Crippen molar-refractivity contribution < 1.29 is 9.90 Å². The smallest absolute Gasteiger partial charge is 0.303 e. The summed E-state index contributed by atoms with van der Waals surface area (Å²) in [6, 6.07) is 0. The summed E-state index contributed by atoms with van der Waals surface area (Å²) in [5.41, 5.74) is 0.290. The Balaban J connectivity index is 2.07. The summed E-state index contributed by atoms with van der Waals surface area (Å²) in [7, 11) is 0. The Morgan fingerprint density at radius 1 is 1.46 bits per heavy atom. The lowest BCUT2D eigenvalue weighted by atomic mass is 10.0. The lowest BCUT2D eigenvalue weighted by Crippen LogP contribution is -2.40. The van der Waals surface area contributed by atoms with Gasteiger partial charge in [0.25, 0.3) is 0 Å². The number of carbonyl (C=O) groups is 1. The zero-order valence-corrected chi connectivity index (χ0v) is 8.31. The molecule has 0 aromatic heterocycles. The first-order valence-electron chi connectivity index (χ1n) is 5.09. The van der Waals surface area contributed by atoms with Gasteiger partial charge in [0.2, 0.25) is 0 Å². The molecule has 0 unspecified atom stereocenters. The molecule has 0 saturated heterocycles. The predicted molar refractivity (Wildman–Crippen MR) is 51.7 cm³/mol. The molecule has 1 saturated carbocycles. The van der Waals surface area contributed by atoms with Crippen molar-refractivity contribution in [2.24, 2.45) is 0 Å². The topological polar surface area (TPSA) is 49.3 Å². The van der Waals surface area contributed by atoms with Crippen molar-refractivity contribution in [1.82, 2.24) is 5.32 Å². The maximum atomic E-state index is 10.2. The van der Waals surface area contributed by atoms with Crippen LogP contribution in [0.3, 0.4) is 0 Å². The SMILES string of the molecule is CC1(NCCCC(=O)O)CCCC1. The van der Waals surface area contributed by atoms with Crippen molar-refractivity contribution >= 4 is 5.97 Å². The molecular formula is C10H19NO2. The van der Waals surface area contributed by atoms with Crippen molar-refractivity contribution in [2.45, 2.75) is 51.0 Å². The minimum atomic E-state index is -0.696. The Labute approximate surface area is 79.5 Å². The van der Waals surface area contributed by atoms with Crippen molar-refractivity contribution in [3.8, 4) is 0 Å². The summed E-state index contributed by atoms with van der Waals surface area (Å²) in [6.07, 6.45) is 6.11. The van der Waals surface area contributed by atoms with Crippen LogP contribution in [0.5, 0.6) is 0 Å². The van der Waals surface area contributed by atoms with Crippen LogP contribution in [0, 0.1) is 0 Å². The van der Waals surface area contributed by atoms with E-state index < -0.39 is 5.97 Å². The summed E-state index contributed by atoms with van der Waals surface area (Å²) >= 11 is 0. The van der Waals surface area contributed by atoms with Gasteiger partial charge in [0.1, 0.15) is 0 Å². The molecule has 1 fully saturated rings. The molecular weight excluding hydrogens is 166 g/mol. The van der Waals surface area contributed by atoms with Crippen LogP contribution in [-0.2, 0) is 4.79 Å². The molecule has 1 aliphatic carbocycles. The normalized spacial score (nSPS) is 20.4. The van der Waals surface area contributed by atoms with Crippen LogP contribution in [0.4, 0.5) is 0 Å². The maximum absolute atomic E-state index is 10.2. The van der Waals surface area contributed by atoms with E-state index in [-0.39, 0.29) is 6.42 Å². The van der Waals surface area contributed by atoms with E-state index >= 15 is 0 Å². The monoisotopic (exact) mass is 185 g/mol. The molecule has 1 rings (SSSR count). The highest BCUT2D eigenvalue weighted by molar-refractivity contribution is 5.66. The first kappa shape index (κ1) is 10.5. The fraction of sp³-hybridized carbons (Fsp3) is 0.900. The average Bonchev–Trinajstić information content (AvgIpc) is 2.47. The fourth-order valence-electron chi connectivity index (χ4n) is 1.96. The highest BCUT2D eigenvalue weighted by atomic mass is 16.4. The van der Waals surface area contributed by atoms with Crippen LogP contribution in [0.25, 0.3) is 0 Å². The highest BCUT2D eigenvalue weighted by Gasteiger charge is 2.27. The van der Waals surface area contributed by atoms with E-state index in [1.807, 2.05) is 0 Å².